The minimum absolute atomic E-state index is 0.594. The molecular formula is C16H24N2S. The van der Waals surface area contributed by atoms with Gasteiger partial charge in [-0.2, -0.15) is 12.6 Å². The summed E-state index contributed by atoms with van der Waals surface area (Å²) in [6.45, 7) is 7.79. The summed E-state index contributed by atoms with van der Waals surface area (Å²) < 4.78 is 2.40. The molecular weight excluding hydrogens is 252 g/mol. The number of nitrogens with zero attached hydrogens (tertiary/aromatic N) is 2. The molecule has 0 aliphatic carbocycles. The maximum atomic E-state index is 4.79. The van der Waals surface area contributed by atoms with Crippen molar-refractivity contribution in [2.24, 2.45) is 11.8 Å². The van der Waals surface area contributed by atoms with Crippen LogP contribution in [0.1, 0.15) is 33.0 Å². The van der Waals surface area contributed by atoms with Crippen LogP contribution in [-0.4, -0.2) is 15.3 Å². The lowest BCUT2D eigenvalue weighted by Crippen LogP contribution is -2.19. The summed E-state index contributed by atoms with van der Waals surface area (Å²) in [5.41, 5.74) is 2.38. The number of aryl methyl sites for hydroxylation is 1. The Kier molecular flexibility index (Phi) is 4.92. The van der Waals surface area contributed by atoms with Gasteiger partial charge in [0.05, 0.1) is 11.0 Å². The lowest BCUT2D eigenvalue weighted by molar-refractivity contribution is 0.371. The number of hydrogen-bond donors (Lipinski definition) is 1. The molecule has 2 nitrogen and oxygen atoms in total. The van der Waals surface area contributed by atoms with E-state index in [1.165, 1.54) is 11.3 Å². The molecule has 104 valence electrons. The van der Waals surface area contributed by atoms with Crippen LogP contribution in [0.5, 0.6) is 0 Å². The summed E-state index contributed by atoms with van der Waals surface area (Å²) in [5.74, 6) is 3.39. The molecule has 1 unspecified atom stereocenters. The second-order valence-corrected chi connectivity index (χ2v) is 5.93. The van der Waals surface area contributed by atoms with Gasteiger partial charge in [0, 0.05) is 13.0 Å². The Bertz CT molecular complexity index is 531. The molecule has 0 aliphatic heterocycles. The van der Waals surface area contributed by atoms with Crippen LogP contribution in [0.25, 0.3) is 11.0 Å². The summed E-state index contributed by atoms with van der Waals surface area (Å²) in [6, 6.07) is 8.45. The first-order valence-corrected chi connectivity index (χ1v) is 7.85. The monoisotopic (exact) mass is 276 g/mol. The number of hydrogen-bond acceptors (Lipinski definition) is 2. The van der Waals surface area contributed by atoms with Gasteiger partial charge in [0.15, 0.2) is 0 Å². The molecule has 0 N–H and O–H groups in total. The van der Waals surface area contributed by atoms with Crippen LogP contribution in [0.3, 0.4) is 0 Å². The second-order valence-electron chi connectivity index (χ2n) is 5.56. The van der Waals surface area contributed by atoms with E-state index >= 15 is 0 Å². The van der Waals surface area contributed by atoms with E-state index in [1.54, 1.807) is 0 Å². The minimum atomic E-state index is 0.594. The van der Waals surface area contributed by atoms with Crippen LogP contribution < -0.4 is 0 Å². The van der Waals surface area contributed by atoms with Crippen molar-refractivity contribution < 1.29 is 0 Å². The van der Waals surface area contributed by atoms with E-state index in [4.69, 9.17) is 4.98 Å². The van der Waals surface area contributed by atoms with Crippen molar-refractivity contribution in [3.8, 4) is 0 Å². The fraction of sp³-hybridized carbons (Fsp3) is 0.562. The molecule has 0 spiro atoms. The average Bonchev–Trinajstić information content (AvgIpc) is 2.73. The Morgan fingerprint density at radius 1 is 1.26 bits per heavy atom. The minimum Gasteiger partial charge on any atom is -0.328 e. The number of benzene rings is 1. The number of rotatable bonds is 6. The van der Waals surface area contributed by atoms with Crippen molar-refractivity contribution in [2.45, 2.75) is 40.2 Å². The van der Waals surface area contributed by atoms with Gasteiger partial charge in [-0.25, -0.2) is 4.98 Å². The van der Waals surface area contributed by atoms with Gasteiger partial charge in [-0.15, -0.1) is 0 Å². The zero-order valence-electron chi connectivity index (χ0n) is 12.1. The Morgan fingerprint density at radius 3 is 2.63 bits per heavy atom. The fourth-order valence-corrected chi connectivity index (χ4v) is 2.99. The number of para-hydroxylation sites is 2. The molecule has 0 fully saturated rings. The lowest BCUT2D eigenvalue weighted by Gasteiger charge is -2.21. The van der Waals surface area contributed by atoms with Gasteiger partial charge in [0.25, 0.3) is 0 Å². The van der Waals surface area contributed by atoms with Crippen molar-refractivity contribution in [3.05, 3.63) is 30.1 Å². The standard InChI is InChI=1S/C16H24N2S/c1-4-7-16-17-14-8-5-6-9-15(14)18(16)10-13(11-19)12(2)3/h5-6,8-9,12-13,19H,4,7,10-11H2,1-3H3. The fourth-order valence-electron chi connectivity index (χ4n) is 2.46. The van der Waals surface area contributed by atoms with Gasteiger partial charge in [-0.3, -0.25) is 0 Å². The first-order valence-electron chi connectivity index (χ1n) is 7.22. The summed E-state index contributed by atoms with van der Waals surface area (Å²) >= 11 is 4.51. The van der Waals surface area contributed by atoms with Crippen LogP contribution in [0.2, 0.25) is 0 Å². The third-order valence-corrected chi connectivity index (χ3v) is 4.27. The number of imidazole rings is 1. The molecule has 1 aromatic carbocycles. The quantitative estimate of drug-likeness (QED) is 0.783. The molecule has 0 amide bonds. The third-order valence-electron chi connectivity index (χ3n) is 3.80. The molecule has 1 atom stereocenters. The number of thiol groups is 1. The van der Waals surface area contributed by atoms with Crippen molar-refractivity contribution in [1.82, 2.24) is 9.55 Å². The van der Waals surface area contributed by atoms with Crippen molar-refractivity contribution in [2.75, 3.05) is 5.75 Å². The molecule has 3 heteroatoms. The van der Waals surface area contributed by atoms with Crippen LogP contribution >= 0.6 is 12.6 Å². The molecule has 0 bridgehead atoms. The summed E-state index contributed by atoms with van der Waals surface area (Å²) in [7, 11) is 0. The molecule has 0 aliphatic rings. The summed E-state index contributed by atoms with van der Waals surface area (Å²) in [4.78, 5) is 4.79. The second kappa shape index (κ2) is 6.47. The normalized spacial score (nSPS) is 13.3. The number of fused-ring (bicyclic) bond motifs is 1. The third kappa shape index (κ3) is 3.14. The number of aromatic nitrogens is 2. The van der Waals surface area contributed by atoms with E-state index in [0.29, 0.717) is 11.8 Å². The maximum absolute atomic E-state index is 4.79. The summed E-state index contributed by atoms with van der Waals surface area (Å²) in [5, 5.41) is 0. The predicted octanol–water partition coefficient (Wildman–Crippen LogP) is 4.19. The highest BCUT2D eigenvalue weighted by Gasteiger charge is 2.16. The van der Waals surface area contributed by atoms with E-state index in [2.05, 4.69) is 62.2 Å². The maximum Gasteiger partial charge on any atom is 0.109 e. The van der Waals surface area contributed by atoms with E-state index < -0.39 is 0 Å². The topological polar surface area (TPSA) is 17.8 Å². The average molecular weight is 276 g/mol. The zero-order valence-corrected chi connectivity index (χ0v) is 13.0. The van der Waals surface area contributed by atoms with Crippen LogP contribution in [-0.2, 0) is 13.0 Å². The molecule has 0 saturated carbocycles. The van der Waals surface area contributed by atoms with Gasteiger partial charge >= 0.3 is 0 Å². The first kappa shape index (κ1) is 14.4. The van der Waals surface area contributed by atoms with Crippen LogP contribution in [0.15, 0.2) is 24.3 Å². The Balaban J connectivity index is 2.40. The lowest BCUT2D eigenvalue weighted by atomic mass is 9.97. The largest absolute Gasteiger partial charge is 0.328 e. The van der Waals surface area contributed by atoms with Crippen molar-refractivity contribution in [3.63, 3.8) is 0 Å². The molecule has 1 heterocycles. The SMILES string of the molecule is CCCc1nc2ccccc2n1CC(CS)C(C)C. The zero-order chi connectivity index (χ0) is 13.8. The van der Waals surface area contributed by atoms with E-state index in [0.717, 1.165) is 30.7 Å². The van der Waals surface area contributed by atoms with E-state index in [9.17, 15) is 0 Å². The van der Waals surface area contributed by atoms with Crippen molar-refractivity contribution >= 4 is 23.7 Å². The van der Waals surface area contributed by atoms with Gasteiger partial charge in [-0.05, 0) is 36.1 Å². The Morgan fingerprint density at radius 2 is 2.00 bits per heavy atom. The van der Waals surface area contributed by atoms with Gasteiger partial charge < -0.3 is 4.57 Å². The van der Waals surface area contributed by atoms with Crippen LogP contribution in [0.4, 0.5) is 0 Å². The van der Waals surface area contributed by atoms with E-state index in [-0.39, 0.29) is 0 Å². The first-order chi connectivity index (χ1) is 9.17. The molecule has 1 aromatic heterocycles. The molecule has 0 radical (unpaired) electrons. The molecule has 2 aromatic rings. The highest BCUT2D eigenvalue weighted by molar-refractivity contribution is 7.80. The van der Waals surface area contributed by atoms with E-state index in [1.807, 2.05) is 0 Å². The molecule has 19 heavy (non-hydrogen) atoms. The smallest absolute Gasteiger partial charge is 0.109 e. The van der Waals surface area contributed by atoms with Crippen LogP contribution in [0, 0.1) is 11.8 Å². The van der Waals surface area contributed by atoms with Crippen molar-refractivity contribution in [1.29, 1.82) is 0 Å². The highest BCUT2D eigenvalue weighted by Crippen LogP contribution is 2.22. The molecule has 2 rings (SSSR count). The predicted molar refractivity (Wildman–Crippen MR) is 85.9 cm³/mol. The summed E-state index contributed by atoms with van der Waals surface area (Å²) in [6.07, 6.45) is 2.18. The Labute approximate surface area is 121 Å². The Hall–Kier alpha value is -0.960. The van der Waals surface area contributed by atoms with Gasteiger partial charge in [0.1, 0.15) is 5.82 Å². The van der Waals surface area contributed by atoms with Gasteiger partial charge in [-0.1, -0.05) is 32.9 Å². The van der Waals surface area contributed by atoms with Gasteiger partial charge in [0.2, 0.25) is 0 Å². The molecule has 0 saturated heterocycles. The highest BCUT2D eigenvalue weighted by atomic mass is 32.1.